The van der Waals surface area contributed by atoms with Crippen molar-refractivity contribution in [2.24, 2.45) is 0 Å². The zero-order chi connectivity index (χ0) is 79.0. The molecule has 0 spiro atoms. The van der Waals surface area contributed by atoms with Crippen molar-refractivity contribution in [3.8, 4) is 224 Å². The van der Waals surface area contributed by atoms with Gasteiger partial charge in [0.2, 0.25) is 0 Å². The summed E-state index contributed by atoms with van der Waals surface area (Å²) in [5, 5.41) is 14.0. The molecular weight excluding hydrogens is 1450 g/mol. The fourth-order valence-electron chi connectivity index (χ4n) is 20.6. The van der Waals surface area contributed by atoms with Crippen molar-refractivity contribution in [3.63, 3.8) is 0 Å². The molecule has 118 heavy (non-hydrogen) atoms. The van der Waals surface area contributed by atoms with Crippen LogP contribution in [-0.4, -0.2) is 56.9 Å². The van der Waals surface area contributed by atoms with Gasteiger partial charge in [-0.1, -0.05) is 194 Å². The topological polar surface area (TPSA) is 73.8 Å². The number of rotatable bonds is 16. The highest BCUT2D eigenvalue weighted by Gasteiger charge is 2.41. The molecule has 0 fully saturated rings. The summed E-state index contributed by atoms with van der Waals surface area (Å²) in [5.74, 6) is 6.32. The second kappa shape index (κ2) is 26.3. The molecular formula is C110H74O8. The third-order valence-corrected chi connectivity index (χ3v) is 25.7. The van der Waals surface area contributed by atoms with E-state index in [1.54, 1.807) is 56.9 Å². The first-order chi connectivity index (χ1) is 58.2. The normalized spacial score (nSPS) is 12.1. The summed E-state index contributed by atoms with van der Waals surface area (Å²) in [6.07, 6.45) is 0. The van der Waals surface area contributed by atoms with Gasteiger partial charge in [0.15, 0.2) is 0 Å². The van der Waals surface area contributed by atoms with Crippen molar-refractivity contribution in [2.45, 2.75) is 0 Å². The lowest BCUT2D eigenvalue weighted by Gasteiger charge is -2.25. The maximum Gasteiger partial charge on any atom is 0.118 e. The number of methoxy groups -OCH3 is 8. The van der Waals surface area contributed by atoms with E-state index in [1.165, 1.54) is 154 Å². The van der Waals surface area contributed by atoms with Gasteiger partial charge in [-0.05, 0) is 352 Å². The Bertz CT molecular complexity index is 6650. The van der Waals surface area contributed by atoms with E-state index in [-0.39, 0.29) is 0 Å². The summed E-state index contributed by atoms with van der Waals surface area (Å²) in [6, 6.07) is 112. The Balaban J connectivity index is 0.867. The van der Waals surface area contributed by atoms with Gasteiger partial charge in [-0.15, -0.1) is 0 Å². The van der Waals surface area contributed by atoms with Crippen molar-refractivity contribution in [2.75, 3.05) is 56.9 Å². The van der Waals surface area contributed by atoms with Crippen molar-refractivity contribution in [3.05, 3.63) is 303 Å². The highest BCUT2D eigenvalue weighted by atomic mass is 16.5. The Kier molecular flexibility index (Phi) is 15.3. The van der Waals surface area contributed by atoms with Crippen LogP contribution in [0.4, 0.5) is 0 Å². The van der Waals surface area contributed by atoms with Gasteiger partial charge in [0.25, 0.3) is 0 Å². The highest BCUT2D eigenvalue weighted by molar-refractivity contribution is 6.39. The van der Waals surface area contributed by atoms with Gasteiger partial charge < -0.3 is 37.9 Å². The van der Waals surface area contributed by atoms with E-state index in [0.29, 0.717) is 0 Å². The quantitative estimate of drug-likeness (QED) is 0.0886. The fraction of sp³-hybridized carbons (Fsp3) is 0.0727. The molecule has 8 heteroatoms. The third kappa shape index (κ3) is 9.71. The monoisotopic (exact) mass is 1520 g/mol. The molecule has 4 aliphatic rings. The minimum absolute atomic E-state index is 0.775. The van der Waals surface area contributed by atoms with E-state index in [1.807, 2.05) is 0 Å². The van der Waals surface area contributed by atoms with E-state index < -0.39 is 0 Å². The average molecular weight is 1520 g/mol. The van der Waals surface area contributed by atoms with E-state index in [4.69, 9.17) is 37.9 Å². The molecule has 0 aliphatic heterocycles. The predicted molar refractivity (Wildman–Crippen MR) is 485 cm³/mol. The van der Waals surface area contributed by atoms with Gasteiger partial charge >= 0.3 is 0 Å². The summed E-state index contributed by atoms with van der Waals surface area (Å²) < 4.78 is 47.6. The molecule has 0 N–H and O–H groups in total. The number of hydrogen-bond acceptors (Lipinski definition) is 8. The molecule has 8 nitrogen and oxygen atoms in total. The zero-order valence-electron chi connectivity index (χ0n) is 66.1. The van der Waals surface area contributed by atoms with Crippen LogP contribution in [0.25, 0.3) is 243 Å². The molecule has 0 saturated carbocycles. The molecule has 0 aromatic heterocycles. The van der Waals surface area contributed by atoms with Crippen molar-refractivity contribution < 1.29 is 37.9 Å². The number of benzene rings is 19. The van der Waals surface area contributed by atoms with E-state index >= 15 is 0 Å². The number of ether oxygens (including phenoxy) is 8. The summed E-state index contributed by atoms with van der Waals surface area (Å²) in [4.78, 5) is 0. The van der Waals surface area contributed by atoms with Crippen LogP contribution < -0.4 is 37.9 Å². The highest BCUT2D eigenvalue weighted by Crippen LogP contribution is 2.69. The lowest BCUT2D eigenvalue weighted by atomic mass is 9.78. The zero-order valence-corrected chi connectivity index (χ0v) is 66.1. The molecule has 19 aromatic rings. The van der Waals surface area contributed by atoms with Crippen molar-refractivity contribution in [1.29, 1.82) is 0 Å². The molecule has 0 heterocycles. The number of fused-ring (bicyclic) bond motifs is 16. The number of hydrogen-bond donors (Lipinski definition) is 0. The first-order valence-electron chi connectivity index (χ1n) is 39.9. The Morgan fingerprint density at radius 2 is 0.254 bits per heavy atom. The Labute approximate surface area is 682 Å². The fourth-order valence-corrected chi connectivity index (χ4v) is 20.6. The van der Waals surface area contributed by atoms with Crippen LogP contribution in [0.3, 0.4) is 0 Å². The largest absolute Gasteiger partial charge is 0.497 e. The average Bonchev–Trinajstić information content (AvgIpc) is 1.46. The molecule has 0 radical (unpaired) electrons. The molecule has 0 atom stereocenters. The minimum atomic E-state index is 0.775. The van der Waals surface area contributed by atoms with Crippen LogP contribution in [0.15, 0.2) is 303 Å². The van der Waals surface area contributed by atoms with Crippen LogP contribution >= 0.6 is 0 Å². The van der Waals surface area contributed by atoms with Crippen molar-refractivity contribution >= 4 is 64.6 Å². The molecule has 0 amide bonds. The van der Waals surface area contributed by atoms with E-state index in [0.717, 1.165) is 134 Å². The smallest absolute Gasteiger partial charge is 0.118 e. The summed E-state index contributed by atoms with van der Waals surface area (Å²) in [5.41, 5.74) is 36.9. The predicted octanol–water partition coefficient (Wildman–Crippen LogP) is 28.6. The lowest BCUT2D eigenvalue weighted by molar-refractivity contribution is 0.415. The molecule has 4 aliphatic carbocycles. The maximum absolute atomic E-state index is 6.05. The summed E-state index contributed by atoms with van der Waals surface area (Å²) in [7, 11) is 13.9. The molecule has 0 unspecified atom stereocenters. The first kappa shape index (κ1) is 68.7. The van der Waals surface area contributed by atoms with Gasteiger partial charge in [0.1, 0.15) is 46.0 Å². The van der Waals surface area contributed by atoms with Gasteiger partial charge in [0.05, 0.1) is 56.9 Å². The third-order valence-electron chi connectivity index (χ3n) is 25.7. The Morgan fingerprint density at radius 3 is 0.381 bits per heavy atom. The molecule has 562 valence electrons. The second-order valence-electron chi connectivity index (χ2n) is 31.0. The lowest BCUT2D eigenvalue weighted by Crippen LogP contribution is -1.98. The van der Waals surface area contributed by atoms with Crippen LogP contribution in [-0.2, 0) is 0 Å². The SMILES string of the molecule is COc1ccc(-c2c3c(c(-c4ccc(OC)cc4)c4ccccc24)-c2ccc4c5c(ccc-3c25)-c2c-4c(-c3ccc(OC)cc3)c3cc4c(-c5ccc(OC)cc5)c5c(c(-c6ccc(OC)cc6)c4cc3c2-c2ccc(OC)cc2)-c2ccc3c4c(ccc-5c24)-c2c-3c(-c3ccc(OC)cc3)c3ccccc3c2-c2ccc(OC)cc2)cc1. The first-order valence-corrected chi connectivity index (χ1v) is 39.9. The Morgan fingerprint density at radius 1 is 0.127 bits per heavy atom. The standard InChI is InChI=1S/C110H74O8/c1-111-67-33-17-59(18-34-67)91-75-13-9-10-14-76(75)92(60-19-35-68(112-2)36-20-60)104-80-50-54-84-101-83(53-49-79(99(80)101)103(91)104)107-95(63-25-41-71(115-5)42-26-63)87-57-89-90(58-88(87)96(108(84)107)64-27-43-72(116-6)44-28-64)98(66-31-47-74(118-8)48-32-66)110-86-56-52-82-100-81(51-55-85(102(86)100)109(110)97(89)65-29-45-73(117-7)46-30-65)105-93(61-21-37-69(113-3)38-22-61)77-15-11-12-16-78(77)94(106(82)105)62-23-39-70(114-4)40-24-62/h9-58H,1-8H3. The molecule has 23 rings (SSSR count). The van der Waals surface area contributed by atoms with Gasteiger partial charge in [0, 0.05) is 0 Å². The molecule has 0 saturated heterocycles. The van der Waals surface area contributed by atoms with Crippen LogP contribution in [0.2, 0.25) is 0 Å². The van der Waals surface area contributed by atoms with Gasteiger partial charge in [-0.25, -0.2) is 0 Å². The van der Waals surface area contributed by atoms with Gasteiger partial charge in [-0.2, -0.15) is 0 Å². The molecule has 19 aromatic carbocycles. The van der Waals surface area contributed by atoms with E-state index in [9.17, 15) is 0 Å². The van der Waals surface area contributed by atoms with E-state index in [2.05, 4.69) is 303 Å². The van der Waals surface area contributed by atoms with Crippen LogP contribution in [0.5, 0.6) is 46.0 Å². The second-order valence-corrected chi connectivity index (χ2v) is 31.0. The minimum Gasteiger partial charge on any atom is -0.497 e. The van der Waals surface area contributed by atoms with Crippen molar-refractivity contribution in [1.82, 2.24) is 0 Å². The summed E-state index contributed by atoms with van der Waals surface area (Å²) >= 11 is 0. The van der Waals surface area contributed by atoms with Crippen LogP contribution in [0.1, 0.15) is 0 Å². The summed E-state index contributed by atoms with van der Waals surface area (Å²) in [6.45, 7) is 0. The Hall–Kier alpha value is -14.9. The van der Waals surface area contributed by atoms with Crippen LogP contribution in [0, 0.1) is 0 Å². The maximum atomic E-state index is 6.05. The molecule has 0 bridgehead atoms. The van der Waals surface area contributed by atoms with Gasteiger partial charge in [-0.3, -0.25) is 0 Å².